The Morgan fingerprint density at radius 2 is 2.23 bits per heavy atom. The molecule has 3 heterocycles. The zero-order valence-electron chi connectivity index (χ0n) is 11.6. The Labute approximate surface area is 125 Å². The lowest BCUT2D eigenvalue weighted by molar-refractivity contribution is -0.0316. The summed E-state index contributed by atoms with van der Waals surface area (Å²) in [6.07, 6.45) is 1.48. The first-order chi connectivity index (χ1) is 10.2. The van der Waals surface area contributed by atoms with Gasteiger partial charge in [0.2, 0.25) is 0 Å². The standard InChI is InChI=1S/C10H13N5O6S/c1-5(12-17)8-9-6(3-11-13(9)2)7-4-14(8)10(16)15(7)21-22(18,19)20/h3,7-8,17H,4H2,1-2H3,(H,18,19,20)/b12-5+/t7-,8+/m0/s1. The van der Waals surface area contributed by atoms with E-state index in [9.17, 15) is 13.2 Å². The van der Waals surface area contributed by atoms with Crippen LogP contribution in [0.2, 0.25) is 0 Å². The molecule has 0 aromatic carbocycles. The Hall–Kier alpha value is -2.18. The number of rotatable bonds is 3. The van der Waals surface area contributed by atoms with Crippen molar-refractivity contribution in [3.63, 3.8) is 0 Å². The van der Waals surface area contributed by atoms with E-state index in [1.54, 1.807) is 7.05 Å². The lowest BCUT2D eigenvalue weighted by atomic mass is 9.95. The number of urea groups is 1. The number of oxime groups is 1. The number of nitrogens with zero attached hydrogens (tertiary/aromatic N) is 5. The second-order valence-electron chi connectivity index (χ2n) is 5.03. The molecule has 2 N–H and O–H groups in total. The first-order valence-electron chi connectivity index (χ1n) is 6.21. The molecule has 22 heavy (non-hydrogen) atoms. The first-order valence-corrected chi connectivity index (χ1v) is 7.58. The van der Waals surface area contributed by atoms with E-state index < -0.39 is 28.5 Å². The highest BCUT2D eigenvalue weighted by atomic mass is 32.3. The van der Waals surface area contributed by atoms with Crippen molar-refractivity contribution in [1.29, 1.82) is 0 Å². The number of fused-ring (bicyclic) bond motifs is 4. The minimum absolute atomic E-state index is 0.116. The summed E-state index contributed by atoms with van der Waals surface area (Å²) in [5.41, 5.74) is 1.38. The van der Waals surface area contributed by atoms with Gasteiger partial charge in [-0.1, -0.05) is 5.16 Å². The highest BCUT2D eigenvalue weighted by Crippen LogP contribution is 2.44. The SMILES string of the molecule is C/C(=N\O)[C@@H]1c2c(cnn2C)[C@@H]2CN1C(=O)N2OS(=O)(=O)O. The topological polar surface area (TPSA) is 138 Å². The van der Waals surface area contributed by atoms with Crippen LogP contribution in [-0.4, -0.2) is 56.2 Å². The molecular weight excluding hydrogens is 318 g/mol. The molecule has 2 atom stereocenters. The molecule has 1 aromatic rings. The van der Waals surface area contributed by atoms with Crippen LogP contribution in [0.4, 0.5) is 4.79 Å². The van der Waals surface area contributed by atoms with Crippen molar-refractivity contribution in [2.45, 2.75) is 19.0 Å². The van der Waals surface area contributed by atoms with Crippen LogP contribution in [0.3, 0.4) is 0 Å². The molecular formula is C10H13N5O6S. The zero-order valence-corrected chi connectivity index (χ0v) is 12.4. The van der Waals surface area contributed by atoms with Crippen LogP contribution in [0.1, 0.15) is 30.3 Å². The van der Waals surface area contributed by atoms with Crippen LogP contribution < -0.4 is 0 Å². The normalized spacial score (nSPS) is 24.9. The van der Waals surface area contributed by atoms with Gasteiger partial charge in [-0.15, -0.1) is 4.28 Å². The van der Waals surface area contributed by atoms with E-state index in [2.05, 4.69) is 14.5 Å². The van der Waals surface area contributed by atoms with Gasteiger partial charge in [-0.05, 0) is 6.92 Å². The van der Waals surface area contributed by atoms with Crippen LogP contribution in [0, 0.1) is 0 Å². The molecule has 2 bridgehead atoms. The summed E-state index contributed by atoms with van der Waals surface area (Å²) >= 11 is 0. The summed E-state index contributed by atoms with van der Waals surface area (Å²) < 4.78 is 36.6. The van der Waals surface area contributed by atoms with Gasteiger partial charge in [0.1, 0.15) is 12.1 Å². The van der Waals surface area contributed by atoms with Gasteiger partial charge in [-0.2, -0.15) is 18.6 Å². The molecule has 11 nitrogen and oxygen atoms in total. The van der Waals surface area contributed by atoms with Gasteiger partial charge in [0.15, 0.2) is 0 Å². The van der Waals surface area contributed by atoms with Gasteiger partial charge in [-0.25, -0.2) is 4.79 Å². The van der Waals surface area contributed by atoms with Crippen LogP contribution in [0.15, 0.2) is 11.4 Å². The second-order valence-corrected chi connectivity index (χ2v) is 6.04. The molecule has 0 saturated carbocycles. The van der Waals surface area contributed by atoms with Crippen LogP contribution in [-0.2, 0) is 21.7 Å². The molecule has 3 rings (SSSR count). The van der Waals surface area contributed by atoms with E-state index in [-0.39, 0.29) is 12.3 Å². The summed E-state index contributed by atoms with van der Waals surface area (Å²) in [7, 11) is -3.19. The third-order valence-corrected chi connectivity index (χ3v) is 4.11. The van der Waals surface area contributed by atoms with Crippen LogP contribution >= 0.6 is 0 Å². The number of carbonyl (C=O) groups excluding carboxylic acids is 1. The molecule has 120 valence electrons. The van der Waals surface area contributed by atoms with Crippen molar-refractivity contribution in [3.8, 4) is 0 Å². The molecule has 12 heteroatoms. The number of aromatic nitrogens is 2. The molecule has 0 aliphatic carbocycles. The lowest BCUT2D eigenvalue weighted by Gasteiger charge is -2.30. The minimum atomic E-state index is -4.85. The summed E-state index contributed by atoms with van der Waals surface area (Å²) in [5, 5.41) is 16.9. The van der Waals surface area contributed by atoms with Gasteiger partial charge < -0.3 is 10.1 Å². The number of amides is 2. The Morgan fingerprint density at radius 3 is 2.82 bits per heavy atom. The first kappa shape index (κ1) is 14.7. The maximum Gasteiger partial charge on any atom is 0.418 e. The number of aryl methyl sites for hydroxylation is 1. The third-order valence-electron chi connectivity index (χ3n) is 3.76. The van der Waals surface area contributed by atoms with Gasteiger partial charge in [0, 0.05) is 12.6 Å². The summed E-state index contributed by atoms with van der Waals surface area (Å²) in [6, 6.07) is -2.20. The molecule has 0 spiro atoms. The van der Waals surface area contributed by atoms with Gasteiger partial charge >= 0.3 is 16.4 Å². The van der Waals surface area contributed by atoms with Gasteiger partial charge in [-0.3, -0.25) is 9.23 Å². The molecule has 1 aromatic heterocycles. The zero-order chi connectivity index (χ0) is 16.2. The Bertz CT molecular complexity index is 771. The fourth-order valence-corrected chi connectivity index (χ4v) is 3.28. The molecule has 2 amide bonds. The monoisotopic (exact) mass is 331 g/mol. The van der Waals surface area contributed by atoms with Crippen molar-refractivity contribution < 1.29 is 27.3 Å². The van der Waals surface area contributed by atoms with E-state index in [1.807, 2.05) is 0 Å². The lowest BCUT2D eigenvalue weighted by Crippen LogP contribution is -2.39. The smallest absolute Gasteiger partial charge is 0.411 e. The van der Waals surface area contributed by atoms with E-state index in [0.29, 0.717) is 16.3 Å². The molecule has 2 aliphatic heterocycles. The molecule has 1 saturated heterocycles. The highest BCUT2D eigenvalue weighted by Gasteiger charge is 2.52. The second kappa shape index (κ2) is 4.66. The third kappa shape index (κ3) is 2.03. The van der Waals surface area contributed by atoms with Crippen molar-refractivity contribution in [1.82, 2.24) is 19.7 Å². The summed E-state index contributed by atoms with van der Waals surface area (Å²) in [6.45, 7) is 1.64. The van der Waals surface area contributed by atoms with Crippen molar-refractivity contribution in [2.24, 2.45) is 12.2 Å². The fraction of sp³-hybridized carbons (Fsp3) is 0.500. The average Bonchev–Trinajstić information content (AvgIpc) is 2.93. The van der Waals surface area contributed by atoms with Gasteiger partial charge in [0.05, 0.1) is 24.1 Å². The van der Waals surface area contributed by atoms with Crippen LogP contribution in [0.25, 0.3) is 0 Å². The predicted molar refractivity (Wildman–Crippen MR) is 70.2 cm³/mol. The predicted octanol–water partition coefficient (Wildman–Crippen LogP) is -0.162. The fourth-order valence-electron chi connectivity index (χ4n) is 2.91. The quantitative estimate of drug-likeness (QED) is 0.339. The molecule has 2 aliphatic rings. The molecule has 0 radical (unpaired) electrons. The number of hydrogen-bond acceptors (Lipinski definition) is 7. The van der Waals surface area contributed by atoms with Gasteiger partial charge in [0.25, 0.3) is 0 Å². The van der Waals surface area contributed by atoms with Crippen molar-refractivity contribution in [2.75, 3.05) is 6.54 Å². The number of hydrogen-bond donors (Lipinski definition) is 2. The summed E-state index contributed by atoms with van der Waals surface area (Å²) in [4.78, 5) is 13.6. The van der Waals surface area contributed by atoms with E-state index in [4.69, 9.17) is 9.76 Å². The maximum atomic E-state index is 12.4. The Balaban J connectivity index is 2.13. The maximum absolute atomic E-state index is 12.4. The minimum Gasteiger partial charge on any atom is -0.411 e. The van der Waals surface area contributed by atoms with Crippen LogP contribution in [0.5, 0.6) is 0 Å². The van der Waals surface area contributed by atoms with Crippen molar-refractivity contribution >= 4 is 22.1 Å². The molecule has 0 unspecified atom stereocenters. The van der Waals surface area contributed by atoms with E-state index >= 15 is 0 Å². The Morgan fingerprint density at radius 1 is 1.55 bits per heavy atom. The average molecular weight is 331 g/mol. The summed E-state index contributed by atoms with van der Waals surface area (Å²) in [5.74, 6) is 0. The molecule has 1 fully saturated rings. The van der Waals surface area contributed by atoms with E-state index in [1.165, 1.54) is 22.7 Å². The largest absolute Gasteiger partial charge is 0.418 e. The van der Waals surface area contributed by atoms with Crippen molar-refractivity contribution in [3.05, 3.63) is 17.5 Å². The number of carbonyl (C=O) groups is 1. The Kier molecular flexibility index (Phi) is 3.12. The number of hydroxylamine groups is 2. The highest BCUT2D eigenvalue weighted by molar-refractivity contribution is 7.80. The van der Waals surface area contributed by atoms with E-state index in [0.717, 1.165) is 0 Å².